The molecule has 0 radical (unpaired) electrons. The Morgan fingerprint density at radius 1 is 1.35 bits per heavy atom. The fourth-order valence-electron chi connectivity index (χ4n) is 2.61. The molecule has 0 amide bonds. The molecule has 0 atom stereocenters. The first-order valence-electron chi connectivity index (χ1n) is 6.97. The molecule has 2 aromatic heterocycles. The smallest absolute Gasteiger partial charge is 0.349 e. The molecule has 1 saturated carbocycles. The second-order valence-electron chi connectivity index (χ2n) is 5.14. The van der Waals surface area contributed by atoms with E-state index in [-0.39, 0.29) is 18.3 Å². The van der Waals surface area contributed by atoms with Gasteiger partial charge in [0.1, 0.15) is 12.6 Å². The highest BCUT2D eigenvalue weighted by Gasteiger charge is 2.18. The molecule has 0 spiro atoms. The van der Waals surface area contributed by atoms with E-state index in [9.17, 15) is 9.59 Å². The maximum absolute atomic E-state index is 12.1. The van der Waals surface area contributed by atoms with Crippen molar-refractivity contribution in [1.82, 2.24) is 14.2 Å². The third-order valence-electron chi connectivity index (χ3n) is 3.67. The quantitative estimate of drug-likeness (QED) is 0.794. The zero-order valence-electron chi connectivity index (χ0n) is 11.2. The van der Waals surface area contributed by atoms with Crippen LogP contribution in [0.25, 0.3) is 5.52 Å². The molecular weight excluding hydrogens is 258 g/mol. The first-order chi connectivity index (χ1) is 9.74. The summed E-state index contributed by atoms with van der Waals surface area (Å²) in [6.07, 6.45) is 8.48. The maximum atomic E-state index is 12.1. The Morgan fingerprint density at radius 2 is 2.15 bits per heavy atom. The fourth-order valence-corrected chi connectivity index (χ4v) is 2.61. The molecule has 2 heterocycles. The lowest BCUT2D eigenvalue weighted by Crippen LogP contribution is -2.33. The van der Waals surface area contributed by atoms with Gasteiger partial charge >= 0.3 is 11.7 Å². The molecule has 2 aromatic rings. The van der Waals surface area contributed by atoms with Crippen molar-refractivity contribution in [2.45, 2.75) is 44.8 Å². The van der Waals surface area contributed by atoms with E-state index in [2.05, 4.69) is 5.10 Å². The third-order valence-corrected chi connectivity index (χ3v) is 3.67. The number of carbonyl (C=O) groups is 1. The van der Waals surface area contributed by atoms with Gasteiger partial charge in [-0.3, -0.25) is 9.20 Å². The summed E-state index contributed by atoms with van der Waals surface area (Å²) in [6, 6.07) is 3.56. The molecule has 1 aliphatic carbocycles. The van der Waals surface area contributed by atoms with E-state index in [1.165, 1.54) is 10.8 Å². The normalized spacial score (nSPS) is 16.4. The summed E-state index contributed by atoms with van der Waals surface area (Å²) < 4.78 is 7.99. The summed E-state index contributed by atoms with van der Waals surface area (Å²) in [7, 11) is 0. The minimum atomic E-state index is -0.391. The van der Waals surface area contributed by atoms with Crippen molar-refractivity contribution in [2.75, 3.05) is 0 Å². The largest absolute Gasteiger partial charge is 0.461 e. The molecule has 0 saturated heterocycles. The van der Waals surface area contributed by atoms with E-state index < -0.39 is 5.97 Å². The average Bonchev–Trinajstić information content (AvgIpc) is 2.92. The Labute approximate surface area is 116 Å². The molecule has 6 nitrogen and oxygen atoms in total. The molecule has 0 aromatic carbocycles. The molecule has 6 heteroatoms. The second-order valence-corrected chi connectivity index (χ2v) is 5.14. The van der Waals surface area contributed by atoms with Crippen molar-refractivity contribution >= 4 is 11.5 Å². The van der Waals surface area contributed by atoms with Crippen LogP contribution in [0.2, 0.25) is 0 Å². The topological polar surface area (TPSA) is 65.6 Å². The van der Waals surface area contributed by atoms with Gasteiger partial charge in [0.2, 0.25) is 0 Å². The molecule has 0 unspecified atom stereocenters. The van der Waals surface area contributed by atoms with Crippen LogP contribution in [0.1, 0.15) is 32.1 Å². The maximum Gasteiger partial charge on any atom is 0.349 e. The predicted molar refractivity (Wildman–Crippen MR) is 72.4 cm³/mol. The van der Waals surface area contributed by atoms with Gasteiger partial charge in [-0.15, -0.1) is 0 Å². The summed E-state index contributed by atoms with van der Waals surface area (Å²) in [6.45, 7) is -0.135. The Kier molecular flexibility index (Phi) is 3.54. The Morgan fingerprint density at radius 3 is 2.95 bits per heavy atom. The zero-order chi connectivity index (χ0) is 13.9. The number of hydrogen-bond acceptors (Lipinski definition) is 4. The van der Waals surface area contributed by atoms with Gasteiger partial charge < -0.3 is 4.74 Å². The first kappa shape index (κ1) is 12.9. The van der Waals surface area contributed by atoms with Crippen molar-refractivity contribution < 1.29 is 9.53 Å². The van der Waals surface area contributed by atoms with Crippen molar-refractivity contribution in [2.24, 2.45) is 0 Å². The van der Waals surface area contributed by atoms with Gasteiger partial charge in [0.05, 0.1) is 11.7 Å². The van der Waals surface area contributed by atoms with Crippen LogP contribution >= 0.6 is 0 Å². The van der Waals surface area contributed by atoms with E-state index in [0.29, 0.717) is 5.52 Å². The minimum Gasteiger partial charge on any atom is -0.461 e. The summed E-state index contributed by atoms with van der Waals surface area (Å²) in [5, 5.41) is 3.99. The Bertz CT molecular complexity index is 668. The van der Waals surface area contributed by atoms with Crippen molar-refractivity contribution in [3.8, 4) is 0 Å². The number of carbonyl (C=O) groups excluding carboxylic acids is 1. The second kappa shape index (κ2) is 5.48. The number of esters is 1. The predicted octanol–water partition coefficient (Wildman–Crippen LogP) is 1.37. The Balaban J connectivity index is 1.70. The monoisotopic (exact) mass is 275 g/mol. The van der Waals surface area contributed by atoms with Crippen LogP contribution in [-0.4, -0.2) is 26.3 Å². The van der Waals surface area contributed by atoms with Gasteiger partial charge in [-0.1, -0.05) is 6.42 Å². The van der Waals surface area contributed by atoms with E-state index in [1.807, 2.05) is 0 Å². The van der Waals surface area contributed by atoms with Gasteiger partial charge in [-0.05, 0) is 37.8 Å². The van der Waals surface area contributed by atoms with E-state index in [1.54, 1.807) is 24.5 Å². The highest BCUT2D eigenvalue weighted by Crippen LogP contribution is 2.20. The summed E-state index contributed by atoms with van der Waals surface area (Å²) in [5.41, 5.74) is 0.389. The highest BCUT2D eigenvalue weighted by atomic mass is 16.5. The van der Waals surface area contributed by atoms with Crippen LogP contribution < -0.4 is 5.69 Å². The van der Waals surface area contributed by atoms with Gasteiger partial charge in [0, 0.05) is 6.20 Å². The van der Waals surface area contributed by atoms with Gasteiger partial charge in [0.15, 0.2) is 0 Å². The lowest BCUT2D eigenvalue weighted by molar-refractivity contribution is -0.151. The molecule has 3 rings (SSSR count). The lowest BCUT2D eigenvalue weighted by atomic mass is 9.98. The van der Waals surface area contributed by atoms with Crippen LogP contribution in [-0.2, 0) is 16.1 Å². The van der Waals surface area contributed by atoms with Crippen LogP contribution in [0.4, 0.5) is 0 Å². The summed E-state index contributed by atoms with van der Waals surface area (Å²) in [4.78, 5) is 23.9. The van der Waals surface area contributed by atoms with Crippen molar-refractivity contribution in [3.05, 3.63) is 35.0 Å². The molecule has 20 heavy (non-hydrogen) atoms. The average molecular weight is 275 g/mol. The molecule has 106 valence electrons. The van der Waals surface area contributed by atoms with Crippen molar-refractivity contribution in [1.29, 1.82) is 0 Å². The third kappa shape index (κ3) is 2.59. The molecule has 0 aliphatic heterocycles. The number of aromatic nitrogens is 3. The number of hydrogen-bond donors (Lipinski definition) is 0. The number of fused-ring (bicyclic) bond motifs is 1. The number of ether oxygens (including phenoxy) is 1. The summed E-state index contributed by atoms with van der Waals surface area (Å²) in [5.74, 6) is -0.391. The van der Waals surface area contributed by atoms with E-state index in [4.69, 9.17) is 4.74 Å². The van der Waals surface area contributed by atoms with Crippen LogP contribution in [0.15, 0.2) is 29.3 Å². The lowest BCUT2D eigenvalue weighted by Gasteiger charge is -2.21. The van der Waals surface area contributed by atoms with E-state index in [0.717, 1.165) is 30.4 Å². The van der Waals surface area contributed by atoms with Gasteiger partial charge in [-0.25, -0.2) is 9.48 Å². The molecule has 0 bridgehead atoms. The van der Waals surface area contributed by atoms with Gasteiger partial charge in [-0.2, -0.15) is 5.10 Å². The number of rotatable bonds is 3. The molecule has 1 fully saturated rings. The van der Waals surface area contributed by atoms with Crippen molar-refractivity contribution in [3.63, 3.8) is 0 Å². The zero-order valence-corrected chi connectivity index (χ0v) is 11.2. The molecular formula is C14H17N3O3. The van der Waals surface area contributed by atoms with E-state index >= 15 is 0 Å². The van der Waals surface area contributed by atoms with Crippen LogP contribution in [0.3, 0.4) is 0 Å². The summed E-state index contributed by atoms with van der Waals surface area (Å²) >= 11 is 0. The first-order valence-corrected chi connectivity index (χ1v) is 6.97. The van der Waals surface area contributed by atoms with Crippen LogP contribution in [0, 0.1) is 0 Å². The Hall–Kier alpha value is -2.11. The fraction of sp³-hybridized carbons (Fsp3) is 0.500. The molecule has 0 N–H and O–H groups in total. The van der Waals surface area contributed by atoms with Crippen LogP contribution in [0.5, 0.6) is 0 Å². The minimum absolute atomic E-state index is 0.00209. The highest BCUT2D eigenvalue weighted by molar-refractivity contribution is 5.69. The SMILES string of the molecule is O=C(Cn1ncc2cccn2c1=O)OC1CCCCC1. The number of nitrogens with zero attached hydrogens (tertiary/aromatic N) is 3. The molecule has 1 aliphatic rings. The van der Waals surface area contributed by atoms with Gasteiger partial charge in [0.25, 0.3) is 0 Å². The standard InChI is InChI=1S/C14H17N3O3/c18-13(20-12-6-2-1-3-7-12)10-17-14(19)16-8-4-5-11(16)9-15-17/h4-5,8-9,12H,1-3,6-7,10H2.